The topological polar surface area (TPSA) is 20.3 Å². The number of carbonyl (C=O) groups is 1. The van der Waals surface area contributed by atoms with Crippen molar-refractivity contribution in [3.63, 3.8) is 0 Å². The van der Waals surface area contributed by atoms with Gasteiger partial charge in [-0.25, -0.2) is 0 Å². The number of rotatable bonds is 3. The van der Waals surface area contributed by atoms with Gasteiger partial charge in [-0.1, -0.05) is 26.0 Å². The molecule has 0 fully saturated rings. The first-order chi connectivity index (χ1) is 7.00. The van der Waals surface area contributed by atoms with Gasteiger partial charge in [0.2, 0.25) is 0 Å². The zero-order chi connectivity index (χ0) is 11.4. The molecule has 1 aromatic rings. The molecule has 1 aromatic carbocycles. The number of nitrogens with zero attached hydrogens (tertiary/aromatic N) is 1. The molecule has 0 unspecified atom stereocenters. The molecule has 0 radical (unpaired) electrons. The second-order valence-corrected chi connectivity index (χ2v) is 4.50. The molecule has 1 rings (SSSR count). The predicted molar refractivity (Wildman–Crippen MR) is 63.0 cm³/mol. The molecule has 2 nitrogen and oxygen atoms in total. The van der Waals surface area contributed by atoms with Crippen molar-refractivity contribution >= 4 is 5.91 Å². The van der Waals surface area contributed by atoms with Crippen LogP contribution in [0.5, 0.6) is 0 Å². The molecule has 0 aliphatic carbocycles. The van der Waals surface area contributed by atoms with Gasteiger partial charge in [0.25, 0.3) is 5.91 Å². The average Bonchev–Trinajstić information content (AvgIpc) is 2.16. The maximum Gasteiger partial charge on any atom is 0.253 e. The van der Waals surface area contributed by atoms with Crippen LogP contribution in [0.15, 0.2) is 24.3 Å². The highest BCUT2D eigenvalue weighted by Gasteiger charge is 2.08. The molecule has 1 amide bonds. The summed E-state index contributed by atoms with van der Waals surface area (Å²) < 4.78 is 0. The predicted octanol–water partition coefficient (Wildman–Crippen LogP) is 2.59. The average molecular weight is 205 g/mol. The monoisotopic (exact) mass is 205 g/mol. The van der Waals surface area contributed by atoms with Crippen molar-refractivity contribution < 1.29 is 4.79 Å². The molecule has 0 aliphatic heterocycles. The Hall–Kier alpha value is -1.31. The van der Waals surface area contributed by atoms with E-state index in [9.17, 15) is 4.79 Å². The highest BCUT2D eigenvalue weighted by Crippen LogP contribution is 2.11. The van der Waals surface area contributed by atoms with Crippen LogP contribution < -0.4 is 0 Å². The Morgan fingerprint density at radius 1 is 1.33 bits per heavy atom. The smallest absolute Gasteiger partial charge is 0.253 e. The lowest BCUT2D eigenvalue weighted by Gasteiger charge is -2.11. The maximum absolute atomic E-state index is 11.7. The van der Waals surface area contributed by atoms with E-state index in [-0.39, 0.29) is 5.91 Å². The van der Waals surface area contributed by atoms with Gasteiger partial charge in [-0.05, 0) is 30.0 Å². The van der Waals surface area contributed by atoms with E-state index in [4.69, 9.17) is 0 Å². The minimum atomic E-state index is 0.0700. The first-order valence-corrected chi connectivity index (χ1v) is 5.31. The minimum Gasteiger partial charge on any atom is -0.345 e. The fourth-order valence-electron chi connectivity index (χ4n) is 1.56. The third-order valence-corrected chi connectivity index (χ3v) is 2.22. The van der Waals surface area contributed by atoms with Crippen LogP contribution in [0, 0.1) is 5.92 Å². The maximum atomic E-state index is 11.7. The van der Waals surface area contributed by atoms with Crippen molar-refractivity contribution in [1.82, 2.24) is 4.90 Å². The zero-order valence-electron chi connectivity index (χ0n) is 9.95. The SMILES string of the molecule is CC(C)Cc1cccc(C(=O)N(C)C)c1. The van der Waals surface area contributed by atoms with Crippen LogP contribution in [0.25, 0.3) is 0 Å². The molecule has 0 atom stereocenters. The fraction of sp³-hybridized carbons (Fsp3) is 0.462. The summed E-state index contributed by atoms with van der Waals surface area (Å²) in [5.74, 6) is 0.690. The lowest BCUT2D eigenvalue weighted by atomic mass is 10.0. The Morgan fingerprint density at radius 2 is 2.00 bits per heavy atom. The van der Waals surface area contributed by atoms with E-state index < -0.39 is 0 Å². The summed E-state index contributed by atoms with van der Waals surface area (Å²) >= 11 is 0. The van der Waals surface area contributed by atoms with Crippen molar-refractivity contribution in [2.75, 3.05) is 14.1 Å². The molecule has 0 heterocycles. The molecule has 0 spiro atoms. The van der Waals surface area contributed by atoms with Gasteiger partial charge in [0, 0.05) is 19.7 Å². The first-order valence-electron chi connectivity index (χ1n) is 5.31. The number of carbonyl (C=O) groups excluding carboxylic acids is 1. The molecule has 15 heavy (non-hydrogen) atoms. The zero-order valence-corrected chi connectivity index (χ0v) is 9.95. The van der Waals surface area contributed by atoms with Crippen LogP contribution in [0.4, 0.5) is 0 Å². The molecular formula is C13H19NO. The highest BCUT2D eigenvalue weighted by molar-refractivity contribution is 5.94. The molecule has 0 saturated carbocycles. The van der Waals surface area contributed by atoms with E-state index in [0.717, 1.165) is 12.0 Å². The number of amides is 1. The second-order valence-electron chi connectivity index (χ2n) is 4.50. The molecule has 0 bridgehead atoms. The van der Waals surface area contributed by atoms with Crippen molar-refractivity contribution in [2.45, 2.75) is 20.3 Å². The van der Waals surface area contributed by atoms with E-state index in [1.807, 2.05) is 18.2 Å². The Morgan fingerprint density at radius 3 is 2.53 bits per heavy atom. The van der Waals surface area contributed by atoms with Gasteiger partial charge >= 0.3 is 0 Å². The largest absolute Gasteiger partial charge is 0.345 e. The van der Waals surface area contributed by atoms with Crippen LogP contribution in [0.2, 0.25) is 0 Å². The van der Waals surface area contributed by atoms with Crippen molar-refractivity contribution in [1.29, 1.82) is 0 Å². The number of hydrogen-bond acceptors (Lipinski definition) is 1. The molecule has 2 heteroatoms. The van der Waals surface area contributed by atoms with E-state index in [1.165, 1.54) is 5.56 Å². The summed E-state index contributed by atoms with van der Waals surface area (Å²) in [6.45, 7) is 4.36. The van der Waals surface area contributed by atoms with Gasteiger partial charge in [-0.3, -0.25) is 4.79 Å². The summed E-state index contributed by atoms with van der Waals surface area (Å²) in [6.07, 6.45) is 1.02. The summed E-state index contributed by atoms with van der Waals surface area (Å²) in [6, 6.07) is 7.88. The van der Waals surface area contributed by atoms with E-state index in [0.29, 0.717) is 5.92 Å². The Kier molecular flexibility index (Phi) is 3.89. The van der Waals surface area contributed by atoms with Crippen LogP contribution in [0.1, 0.15) is 29.8 Å². The summed E-state index contributed by atoms with van der Waals surface area (Å²) in [4.78, 5) is 13.3. The molecule has 82 valence electrons. The normalized spacial score (nSPS) is 10.5. The Labute approximate surface area is 91.9 Å². The van der Waals surface area contributed by atoms with Gasteiger partial charge in [0.1, 0.15) is 0 Å². The van der Waals surface area contributed by atoms with Crippen LogP contribution in [0.3, 0.4) is 0 Å². The van der Waals surface area contributed by atoms with Crippen molar-refractivity contribution in [3.8, 4) is 0 Å². The van der Waals surface area contributed by atoms with Crippen LogP contribution in [-0.2, 0) is 6.42 Å². The third kappa shape index (κ3) is 3.39. The second kappa shape index (κ2) is 4.96. The molecule has 0 aliphatic rings. The van der Waals surface area contributed by atoms with Crippen molar-refractivity contribution in [2.24, 2.45) is 5.92 Å². The first kappa shape index (κ1) is 11.8. The quantitative estimate of drug-likeness (QED) is 0.742. The standard InChI is InChI=1S/C13H19NO/c1-10(2)8-11-6-5-7-12(9-11)13(15)14(3)4/h5-7,9-10H,8H2,1-4H3. The number of benzene rings is 1. The van der Waals surface area contributed by atoms with Crippen molar-refractivity contribution in [3.05, 3.63) is 35.4 Å². The Bertz CT molecular complexity index is 342. The van der Waals surface area contributed by atoms with Gasteiger partial charge in [0.05, 0.1) is 0 Å². The number of hydrogen-bond donors (Lipinski definition) is 0. The van der Waals surface area contributed by atoms with E-state index >= 15 is 0 Å². The highest BCUT2D eigenvalue weighted by atomic mass is 16.2. The third-order valence-electron chi connectivity index (χ3n) is 2.22. The van der Waals surface area contributed by atoms with Gasteiger partial charge < -0.3 is 4.90 Å². The van der Waals surface area contributed by atoms with Crippen LogP contribution in [-0.4, -0.2) is 24.9 Å². The van der Waals surface area contributed by atoms with Gasteiger partial charge in [0.15, 0.2) is 0 Å². The summed E-state index contributed by atoms with van der Waals surface area (Å²) in [7, 11) is 3.55. The lowest BCUT2D eigenvalue weighted by molar-refractivity contribution is 0.0827. The fourth-order valence-corrected chi connectivity index (χ4v) is 1.56. The lowest BCUT2D eigenvalue weighted by Crippen LogP contribution is -2.21. The molecule has 0 N–H and O–H groups in total. The minimum absolute atomic E-state index is 0.0700. The van der Waals surface area contributed by atoms with E-state index in [1.54, 1.807) is 19.0 Å². The van der Waals surface area contributed by atoms with Gasteiger partial charge in [-0.2, -0.15) is 0 Å². The summed E-state index contributed by atoms with van der Waals surface area (Å²) in [5, 5.41) is 0. The van der Waals surface area contributed by atoms with Gasteiger partial charge in [-0.15, -0.1) is 0 Å². The van der Waals surface area contributed by atoms with Crippen LogP contribution >= 0.6 is 0 Å². The Balaban J connectivity index is 2.87. The molecule has 0 saturated heterocycles. The molecule has 0 aromatic heterocycles. The van der Waals surface area contributed by atoms with E-state index in [2.05, 4.69) is 19.9 Å². The molecular weight excluding hydrogens is 186 g/mol. The summed E-state index contributed by atoms with van der Waals surface area (Å²) in [5.41, 5.74) is 2.01.